The van der Waals surface area contributed by atoms with Gasteiger partial charge >= 0.3 is 0 Å². The van der Waals surface area contributed by atoms with E-state index >= 15 is 0 Å². The Bertz CT molecular complexity index is 297. The summed E-state index contributed by atoms with van der Waals surface area (Å²) in [6, 6.07) is 2.99. The highest BCUT2D eigenvalue weighted by Crippen LogP contribution is 2.27. The smallest absolute Gasteiger partial charge is 0.0950 e. The van der Waals surface area contributed by atoms with Crippen molar-refractivity contribution in [1.29, 1.82) is 0 Å². The largest absolute Gasteiger partial charge is 0.472 e. The van der Waals surface area contributed by atoms with Gasteiger partial charge in [-0.15, -0.1) is 0 Å². The van der Waals surface area contributed by atoms with E-state index < -0.39 is 0 Å². The number of likely N-dealkylation sites (tertiary alicyclic amines) is 1. The van der Waals surface area contributed by atoms with Crippen LogP contribution in [-0.2, 0) is 0 Å². The van der Waals surface area contributed by atoms with Gasteiger partial charge in [-0.25, -0.2) is 0 Å². The lowest BCUT2D eigenvalue weighted by atomic mass is 10.1. The minimum absolute atomic E-state index is 0.326. The average Bonchev–Trinajstić information content (AvgIpc) is 2.72. The van der Waals surface area contributed by atoms with Gasteiger partial charge in [-0.3, -0.25) is 4.90 Å². The van der Waals surface area contributed by atoms with E-state index in [2.05, 4.69) is 11.8 Å². The molecule has 1 aromatic heterocycles. The maximum atomic E-state index is 5.92. The van der Waals surface area contributed by atoms with E-state index in [1.54, 1.807) is 6.26 Å². The normalized spacial score (nSPS) is 25.2. The molecule has 1 aromatic rings. The van der Waals surface area contributed by atoms with Crippen LogP contribution in [0.1, 0.15) is 44.2 Å². The fourth-order valence-corrected chi connectivity index (χ4v) is 2.69. The van der Waals surface area contributed by atoms with Crippen LogP contribution in [0.15, 0.2) is 23.0 Å². The fourth-order valence-electron chi connectivity index (χ4n) is 2.69. The molecule has 0 aromatic carbocycles. The quantitative estimate of drug-likeness (QED) is 0.854. The maximum Gasteiger partial charge on any atom is 0.0950 e. The SMILES string of the molecule is CC1CCCCCN1C(CN)c1ccoc1. The summed E-state index contributed by atoms with van der Waals surface area (Å²) in [6.45, 7) is 4.14. The summed E-state index contributed by atoms with van der Waals surface area (Å²) in [6.07, 6.45) is 8.84. The molecule has 2 N–H and O–H groups in total. The molecule has 1 saturated heterocycles. The molecule has 2 heterocycles. The molecule has 0 spiro atoms. The Morgan fingerprint density at radius 2 is 2.38 bits per heavy atom. The van der Waals surface area contributed by atoms with Gasteiger partial charge in [-0.05, 0) is 32.4 Å². The van der Waals surface area contributed by atoms with Crippen molar-refractivity contribution in [2.75, 3.05) is 13.1 Å². The lowest BCUT2D eigenvalue weighted by Crippen LogP contribution is -2.39. The number of nitrogens with two attached hydrogens (primary N) is 1. The van der Waals surface area contributed by atoms with Crippen molar-refractivity contribution in [3.63, 3.8) is 0 Å². The second-order valence-corrected chi connectivity index (χ2v) is 4.74. The minimum Gasteiger partial charge on any atom is -0.472 e. The van der Waals surface area contributed by atoms with Gasteiger partial charge in [-0.1, -0.05) is 12.8 Å². The molecule has 2 rings (SSSR count). The van der Waals surface area contributed by atoms with Gasteiger partial charge in [0.15, 0.2) is 0 Å². The van der Waals surface area contributed by atoms with Crippen LogP contribution in [0.2, 0.25) is 0 Å². The van der Waals surface area contributed by atoms with E-state index in [4.69, 9.17) is 10.2 Å². The Labute approximate surface area is 97.6 Å². The van der Waals surface area contributed by atoms with Crippen molar-refractivity contribution in [2.45, 2.75) is 44.7 Å². The maximum absolute atomic E-state index is 5.92. The molecule has 0 amide bonds. The highest BCUT2D eigenvalue weighted by molar-refractivity contribution is 5.12. The molecule has 16 heavy (non-hydrogen) atoms. The van der Waals surface area contributed by atoms with Gasteiger partial charge in [0.25, 0.3) is 0 Å². The van der Waals surface area contributed by atoms with E-state index in [0.717, 1.165) is 6.54 Å². The zero-order valence-corrected chi connectivity index (χ0v) is 10.1. The van der Waals surface area contributed by atoms with Gasteiger partial charge in [0.1, 0.15) is 0 Å². The standard InChI is InChI=1S/C13H22N2O/c1-11-5-3-2-4-7-15(11)13(9-14)12-6-8-16-10-12/h6,8,10-11,13H,2-5,7,9,14H2,1H3. The van der Waals surface area contributed by atoms with Crippen LogP contribution in [0.25, 0.3) is 0 Å². The van der Waals surface area contributed by atoms with Crippen LogP contribution in [0, 0.1) is 0 Å². The van der Waals surface area contributed by atoms with Crippen LogP contribution < -0.4 is 5.73 Å². The van der Waals surface area contributed by atoms with Crippen LogP contribution in [0.4, 0.5) is 0 Å². The first kappa shape index (κ1) is 11.7. The number of hydrogen-bond acceptors (Lipinski definition) is 3. The number of rotatable bonds is 3. The number of hydrogen-bond donors (Lipinski definition) is 1. The number of nitrogens with zero attached hydrogens (tertiary/aromatic N) is 1. The molecular formula is C13H22N2O. The van der Waals surface area contributed by atoms with E-state index in [1.165, 1.54) is 31.2 Å². The van der Waals surface area contributed by atoms with Gasteiger partial charge in [0.2, 0.25) is 0 Å². The first-order valence-electron chi connectivity index (χ1n) is 6.31. The highest BCUT2D eigenvalue weighted by atomic mass is 16.3. The van der Waals surface area contributed by atoms with Crippen molar-refractivity contribution in [3.8, 4) is 0 Å². The Morgan fingerprint density at radius 3 is 3.06 bits per heavy atom. The molecule has 0 bridgehead atoms. The minimum atomic E-state index is 0.326. The molecule has 3 nitrogen and oxygen atoms in total. The van der Waals surface area contributed by atoms with Crippen molar-refractivity contribution >= 4 is 0 Å². The summed E-state index contributed by atoms with van der Waals surface area (Å²) in [5, 5.41) is 0. The van der Waals surface area contributed by atoms with Crippen molar-refractivity contribution < 1.29 is 4.42 Å². The summed E-state index contributed by atoms with van der Waals surface area (Å²) in [4.78, 5) is 2.54. The van der Waals surface area contributed by atoms with Crippen molar-refractivity contribution in [3.05, 3.63) is 24.2 Å². The van der Waals surface area contributed by atoms with E-state index in [-0.39, 0.29) is 0 Å². The second kappa shape index (κ2) is 5.51. The van der Waals surface area contributed by atoms with Gasteiger partial charge in [0, 0.05) is 18.2 Å². The molecule has 0 saturated carbocycles. The van der Waals surface area contributed by atoms with Gasteiger partial charge in [-0.2, -0.15) is 0 Å². The Hall–Kier alpha value is -0.800. The zero-order chi connectivity index (χ0) is 11.4. The predicted molar refractivity (Wildman–Crippen MR) is 65.1 cm³/mol. The van der Waals surface area contributed by atoms with Crippen LogP contribution in [0.5, 0.6) is 0 Å². The summed E-state index contributed by atoms with van der Waals surface area (Å²) < 4.78 is 5.17. The lowest BCUT2D eigenvalue weighted by Gasteiger charge is -2.34. The average molecular weight is 222 g/mol. The Morgan fingerprint density at radius 1 is 1.50 bits per heavy atom. The highest BCUT2D eigenvalue weighted by Gasteiger charge is 2.25. The third kappa shape index (κ3) is 2.47. The fraction of sp³-hybridized carbons (Fsp3) is 0.692. The first-order chi connectivity index (χ1) is 7.83. The van der Waals surface area contributed by atoms with Crippen LogP contribution >= 0.6 is 0 Å². The number of furan rings is 1. The molecule has 2 atom stereocenters. The van der Waals surface area contributed by atoms with Gasteiger partial charge < -0.3 is 10.2 Å². The molecule has 90 valence electrons. The first-order valence-corrected chi connectivity index (χ1v) is 6.31. The molecule has 1 aliphatic heterocycles. The van der Waals surface area contributed by atoms with Crippen molar-refractivity contribution in [2.24, 2.45) is 5.73 Å². The molecule has 2 unspecified atom stereocenters. The van der Waals surface area contributed by atoms with Gasteiger partial charge in [0.05, 0.1) is 18.6 Å². The lowest BCUT2D eigenvalue weighted by molar-refractivity contribution is 0.150. The Balaban J connectivity index is 2.12. The zero-order valence-electron chi connectivity index (χ0n) is 10.1. The third-order valence-corrected chi connectivity index (χ3v) is 3.66. The van der Waals surface area contributed by atoms with Crippen LogP contribution in [-0.4, -0.2) is 24.0 Å². The summed E-state index contributed by atoms with van der Waals surface area (Å²) >= 11 is 0. The van der Waals surface area contributed by atoms with Crippen LogP contribution in [0.3, 0.4) is 0 Å². The van der Waals surface area contributed by atoms with E-state index in [1.807, 2.05) is 12.3 Å². The molecule has 0 aliphatic carbocycles. The predicted octanol–water partition coefficient (Wildman–Crippen LogP) is 2.54. The van der Waals surface area contributed by atoms with E-state index in [9.17, 15) is 0 Å². The topological polar surface area (TPSA) is 42.4 Å². The van der Waals surface area contributed by atoms with Crippen molar-refractivity contribution in [1.82, 2.24) is 4.90 Å². The molecule has 1 fully saturated rings. The summed E-state index contributed by atoms with van der Waals surface area (Å²) in [5.41, 5.74) is 7.14. The molecule has 0 radical (unpaired) electrons. The third-order valence-electron chi connectivity index (χ3n) is 3.66. The molecule has 1 aliphatic rings. The van der Waals surface area contributed by atoms with E-state index in [0.29, 0.717) is 18.6 Å². The summed E-state index contributed by atoms with van der Waals surface area (Å²) in [7, 11) is 0. The second-order valence-electron chi connectivity index (χ2n) is 4.74. The molecule has 3 heteroatoms. The summed E-state index contributed by atoms with van der Waals surface area (Å²) in [5.74, 6) is 0. The molecular weight excluding hydrogens is 200 g/mol. The monoisotopic (exact) mass is 222 g/mol. The Kier molecular flexibility index (Phi) is 4.02.